The average molecular weight is 718 g/mol. The molecule has 6 rings (SSSR count). The lowest BCUT2D eigenvalue weighted by molar-refractivity contribution is -0.134. The SMILES string of the molecule is CC(C)(C)C[C@]1(c2ccc(-c3cnn(C(F)F)c3)cc2)N/C(=N\C(=O)OCc2ccccc2)N([C@H](CO)c2ccc(Cl)c(-c3nnn[nH]3)c2)C1=O. The molecule has 3 N–H and O–H groups in total. The molecule has 13 nitrogen and oxygen atoms in total. The lowest BCUT2D eigenvalue weighted by Crippen LogP contribution is -2.47. The third-order valence-electron chi connectivity index (χ3n) is 8.31. The van der Waals surface area contributed by atoms with Gasteiger partial charge in [-0.1, -0.05) is 93.0 Å². The van der Waals surface area contributed by atoms with Crippen LogP contribution in [-0.2, 0) is 21.7 Å². The molecule has 2 amide bonds. The van der Waals surface area contributed by atoms with E-state index in [1.807, 2.05) is 39.0 Å². The van der Waals surface area contributed by atoms with Crippen molar-refractivity contribution in [1.29, 1.82) is 0 Å². The maximum atomic E-state index is 15.0. The second kappa shape index (κ2) is 14.4. The average Bonchev–Trinajstić information content (AvgIpc) is 3.87. The van der Waals surface area contributed by atoms with Crippen molar-refractivity contribution in [2.24, 2.45) is 10.4 Å². The first-order valence-electron chi connectivity index (χ1n) is 15.9. The fraction of sp³-hybridized carbons (Fsp3) is 0.286. The van der Waals surface area contributed by atoms with Gasteiger partial charge in [-0.3, -0.25) is 9.69 Å². The van der Waals surface area contributed by atoms with Gasteiger partial charge in [0, 0.05) is 17.3 Å². The first kappa shape index (κ1) is 35.3. The van der Waals surface area contributed by atoms with Crippen LogP contribution in [0.15, 0.2) is 90.2 Å². The molecule has 3 heterocycles. The first-order valence-corrected chi connectivity index (χ1v) is 16.3. The normalized spacial score (nSPS) is 17.6. The Labute approximate surface area is 296 Å². The second-order valence-electron chi connectivity index (χ2n) is 13.2. The van der Waals surface area contributed by atoms with Gasteiger partial charge in [-0.05, 0) is 56.6 Å². The van der Waals surface area contributed by atoms with Crippen LogP contribution in [0, 0.1) is 5.41 Å². The lowest BCUT2D eigenvalue weighted by Gasteiger charge is -2.35. The number of tetrazole rings is 1. The summed E-state index contributed by atoms with van der Waals surface area (Å²) in [6, 6.07) is 19.7. The van der Waals surface area contributed by atoms with E-state index in [2.05, 4.69) is 36.0 Å². The Bertz CT molecular complexity index is 2030. The summed E-state index contributed by atoms with van der Waals surface area (Å²) in [4.78, 5) is 33.8. The van der Waals surface area contributed by atoms with Crippen LogP contribution < -0.4 is 5.32 Å². The highest BCUT2D eigenvalue weighted by Crippen LogP contribution is 2.43. The van der Waals surface area contributed by atoms with Crippen molar-refractivity contribution in [1.82, 2.24) is 40.6 Å². The van der Waals surface area contributed by atoms with Crippen LogP contribution in [0.25, 0.3) is 22.5 Å². The maximum Gasteiger partial charge on any atom is 0.437 e. The van der Waals surface area contributed by atoms with E-state index in [1.54, 1.807) is 54.6 Å². The van der Waals surface area contributed by atoms with Gasteiger partial charge in [0.2, 0.25) is 5.96 Å². The van der Waals surface area contributed by atoms with Crippen molar-refractivity contribution in [2.75, 3.05) is 6.61 Å². The number of benzene rings is 3. The molecule has 2 atom stereocenters. The van der Waals surface area contributed by atoms with Crippen LogP contribution >= 0.6 is 11.6 Å². The molecule has 3 aromatic carbocycles. The molecule has 16 heteroatoms. The third kappa shape index (κ3) is 7.49. The quantitative estimate of drug-likeness (QED) is 0.151. The van der Waals surface area contributed by atoms with E-state index < -0.39 is 42.2 Å². The van der Waals surface area contributed by atoms with Gasteiger partial charge >= 0.3 is 12.6 Å². The smallest absolute Gasteiger partial charge is 0.437 e. The second-order valence-corrected chi connectivity index (χ2v) is 13.6. The Morgan fingerprint density at radius 3 is 2.45 bits per heavy atom. The number of aromatic nitrogens is 6. The van der Waals surface area contributed by atoms with E-state index in [1.165, 1.54) is 17.3 Å². The van der Waals surface area contributed by atoms with E-state index in [4.69, 9.17) is 16.3 Å². The number of nitrogens with one attached hydrogen (secondary N) is 2. The Hall–Kier alpha value is -5.54. The zero-order valence-electron chi connectivity index (χ0n) is 27.8. The van der Waals surface area contributed by atoms with Crippen LogP contribution in [0.3, 0.4) is 0 Å². The van der Waals surface area contributed by atoms with E-state index in [0.29, 0.717) is 37.5 Å². The van der Waals surface area contributed by atoms with Crippen molar-refractivity contribution in [3.8, 4) is 22.5 Å². The molecule has 1 aliphatic heterocycles. The number of alkyl halides is 2. The molecule has 2 aromatic heterocycles. The number of guanidine groups is 1. The van der Waals surface area contributed by atoms with Crippen molar-refractivity contribution in [3.63, 3.8) is 0 Å². The molecular weight excluding hydrogens is 684 g/mol. The van der Waals surface area contributed by atoms with Gasteiger partial charge in [-0.25, -0.2) is 14.6 Å². The van der Waals surface area contributed by atoms with Gasteiger partial charge in [0.15, 0.2) is 5.82 Å². The number of amides is 2. The van der Waals surface area contributed by atoms with Gasteiger partial charge in [-0.15, -0.1) is 10.1 Å². The molecule has 0 bridgehead atoms. The highest BCUT2D eigenvalue weighted by molar-refractivity contribution is 6.33. The maximum absolute atomic E-state index is 15.0. The topological polar surface area (TPSA) is 164 Å². The lowest BCUT2D eigenvalue weighted by atomic mass is 9.75. The summed E-state index contributed by atoms with van der Waals surface area (Å²) in [5, 5.41) is 32.0. The Kier molecular flexibility index (Phi) is 9.94. The number of halogens is 3. The number of aliphatic hydroxyl groups is 1. The summed E-state index contributed by atoms with van der Waals surface area (Å²) in [6.45, 7) is 2.47. The van der Waals surface area contributed by atoms with Crippen LogP contribution in [-0.4, -0.2) is 65.0 Å². The zero-order valence-corrected chi connectivity index (χ0v) is 28.6. The number of ether oxygens (including phenoxy) is 1. The highest BCUT2D eigenvalue weighted by Gasteiger charge is 2.55. The standard InChI is InChI=1S/C35H34ClF2N9O4/c1-34(2,3)20-35(25-12-9-22(10-13-25)24-16-39-46(17-24)31(37)38)30(49)47(32(41-35)40-33(50)51-19-21-7-5-4-6-8-21)28(18-48)23-11-14-27(36)26(15-23)29-42-44-45-43-29/h4-17,28,31,48H,18-20H2,1-3H3,(H,40,41,50)(H,42,43,44,45)/t28-,35-/m1/s1. The van der Waals surface area contributed by atoms with Gasteiger partial charge in [0.1, 0.15) is 12.1 Å². The summed E-state index contributed by atoms with van der Waals surface area (Å²) in [5.74, 6) is -0.368. The number of carbonyl (C=O) groups is 2. The van der Waals surface area contributed by atoms with Crippen LogP contribution in [0.4, 0.5) is 13.6 Å². The van der Waals surface area contributed by atoms with Gasteiger partial charge in [0.25, 0.3) is 5.91 Å². The third-order valence-corrected chi connectivity index (χ3v) is 8.64. The number of aliphatic hydroxyl groups excluding tert-OH is 1. The van der Waals surface area contributed by atoms with Crippen LogP contribution in [0.5, 0.6) is 0 Å². The van der Waals surface area contributed by atoms with Crippen molar-refractivity contribution in [2.45, 2.75) is 51.9 Å². The van der Waals surface area contributed by atoms with Crippen molar-refractivity contribution >= 4 is 29.6 Å². The monoisotopic (exact) mass is 717 g/mol. The summed E-state index contributed by atoms with van der Waals surface area (Å²) in [5.41, 5.74) is 1.24. The number of carbonyl (C=O) groups excluding carboxylic acids is 2. The fourth-order valence-electron chi connectivity index (χ4n) is 6.11. The Morgan fingerprint density at radius 1 is 1.08 bits per heavy atom. The Balaban J connectivity index is 1.44. The number of aromatic amines is 1. The number of rotatable bonds is 10. The molecule has 5 aromatic rings. The largest absolute Gasteiger partial charge is 0.443 e. The van der Waals surface area contributed by atoms with Crippen molar-refractivity contribution < 1.29 is 28.2 Å². The van der Waals surface area contributed by atoms with Gasteiger partial charge < -0.3 is 15.2 Å². The molecule has 0 radical (unpaired) electrons. The summed E-state index contributed by atoms with van der Waals surface area (Å²) in [6.07, 6.45) is 1.83. The minimum absolute atomic E-state index is 0.0592. The Morgan fingerprint density at radius 2 is 1.82 bits per heavy atom. The number of H-pyrrole nitrogens is 1. The molecule has 1 aliphatic rings. The predicted molar refractivity (Wildman–Crippen MR) is 183 cm³/mol. The highest BCUT2D eigenvalue weighted by atomic mass is 35.5. The molecular formula is C35H34ClF2N9O4. The first-order chi connectivity index (χ1) is 24.4. The number of nitrogens with zero attached hydrogens (tertiary/aromatic N) is 7. The minimum atomic E-state index is -2.79. The summed E-state index contributed by atoms with van der Waals surface area (Å²) >= 11 is 6.48. The summed E-state index contributed by atoms with van der Waals surface area (Å²) < 4.78 is 32.5. The molecule has 51 heavy (non-hydrogen) atoms. The molecule has 1 saturated heterocycles. The zero-order chi connectivity index (χ0) is 36.3. The molecule has 0 aliphatic carbocycles. The van der Waals surface area contributed by atoms with Crippen LogP contribution in [0.2, 0.25) is 5.02 Å². The molecule has 1 fully saturated rings. The number of hydrogen-bond acceptors (Lipinski definition) is 8. The molecule has 264 valence electrons. The molecule has 0 spiro atoms. The van der Waals surface area contributed by atoms with Crippen LogP contribution in [0.1, 0.15) is 56.5 Å². The van der Waals surface area contributed by atoms with E-state index in [0.717, 1.165) is 5.56 Å². The molecule has 0 saturated carbocycles. The predicted octanol–water partition coefficient (Wildman–Crippen LogP) is 6.27. The van der Waals surface area contributed by atoms with E-state index in [-0.39, 0.29) is 24.8 Å². The molecule has 0 unspecified atom stereocenters. The van der Waals surface area contributed by atoms with E-state index >= 15 is 4.79 Å². The number of hydrogen-bond donors (Lipinski definition) is 3. The fourth-order valence-corrected chi connectivity index (χ4v) is 6.32. The van der Waals surface area contributed by atoms with Crippen molar-refractivity contribution in [3.05, 3.63) is 107 Å². The summed E-state index contributed by atoms with van der Waals surface area (Å²) in [7, 11) is 0. The van der Waals surface area contributed by atoms with Gasteiger partial charge in [-0.2, -0.15) is 13.9 Å². The number of aliphatic imine (C=N–C) groups is 1. The van der Waals surface area contributed by atoms with E-state index in [9.17, 15) is 18.7 Å². The minimum Gasteiger partial charge on any atom is -0.443 e. The van der Waals surface area contributed by atoms with Gasteiger partial charge in [0.05, 0.1) is 23.9 Å².